The number of hydrogen-bond donors (Lipinski definition) is 4. The smallest absolute Gasteiger partial charge is 0.235 e. The molecule has 0 spiro atoms. The molecule has 1 saturated heterocycles. The van der Waals surface area contributed by atoms with Crippen LogP contribution in [0.25, 0.3) is 22.3 Å². The van der Waals surface area contributed by atoms with Crippen molar-refractivity contribution >= 4 is 11.0 Å². The maximum atomic E-state index is 12.7. The normalized spacial score (nSPS) is 23.6. The lowest BCUT2D eigenvalue weighted by atomic mass is 10.1. The molecule has 4 rings (SSSR count). The van der Waals surface area contributed by atoms with Crippen LogP contribution in [0.5, 0.6) is 17.2 Å². The fraction of sp³-hybridized carbons (Fsp3) is 0.286. The highest BCUT2D eigenvalue weighted by molar-refractivity contribution is 5.82. The lowest BCUT2D eigenvalue weighted by molar-refractivity contribution is -0.117. The fourth-order valence-corrected chi connectivity index (χ4v) is 3.35. The number of ether oxygens (including phenoxy) is 3. The van der Waals surface area contributed by atoms with Gasteiger partial charge in [0.25, 0.3) is 0 Å². The maximum Gasteiger partial charge on any atom is 0.235 e. The molecule has 1 aliphatic heterocycles. The molecule has 4 N–H and O–H groups in total. The quantitative estimate of drug-likeness (QED) is 0.479. The number of benzene rings is 2. The van der Waals surface area contributed by atoms with E-state index < -0.39 is 31.2 Å². The summed E-state index contributed by atoms with van der Waals surface area (Å²) in [5, 5.41) is 39.7. The monoisotopic (exact) mass is 416 g/mol. The van der Waals surface area contributed by atoms with Crippen molar-refractivity contribution in [2.75, 3.05) is 13.7 Å². The average molecular weight is 416 g/mol. The Kier molecular flexibility index (Phi) is 5.35. The summed E-state index contributed by atoms with van der Waals surface area (Å²) >= 11 is 0. The molecule has 3 aromatic rings. The second kappa shape index (κ2) is 7.96. The van der Waals surface area contributed by atoms with Crippen molar-refractivity contribution in [3.63, 3.8) is 0 Å². The van der Waals surface area contributed by atoms with Gasteiger partial charge in [0.2, 0.25) is 17.5 Å². The van der Waals surface area contributed by atoms with Crippen molar-refractivity contribution < 1.29 is 39.1 Å². The number of aliphatic hydroxyl groups excluding tert-OH is 3. The number of phenolic OH excluding ortho intramolecular Hbond substituents is 1. The molecule has 9 nitrogen and oxygen atoms in total. The molecule has 4 unspecified atom stereocenters. The van der Waals surface area contributed by atoms with Crippen LogP contribution in [0.2, 0.25) is 0 Å². The summed E-state index contributed by atoms with van der Waals surface area (Å²) in [7, 11) is 1.35. The Morgan fingerprint density at radius 1 is 1.10 bits per heavy atom. The topological polar surface area (TPSA) is 139 Å². The Labute approximate surface area is 170 Å². The van der Waals surface area contributed by atoms with E-state index in [0.717, 1.165) is 0 Å². The highest BCUT2D eigenvalue weighted by Gasteiger charge is 2.44. The Morgan fingerprint density at radius 3 is 2.53 bits per heavy atom. The van der Waals surface area contributed by atoms with Gasteiger partial charge >= 0.3 is 0 Å². The van der Waals surface area contributed by atoms with E-state index in [1.165, 1.54) is 25.3 Å². The van der Waals surface area contributed by atoms with Gasteiger partial charge < -0.3 is 39.1 Å². The number of phenols is 1. The van der Waals surface area contributed by atoms with Crippen molar-refractivity contribution in [2.45, 2.75) is 24.6 Å². The van der Waals surface area contributed by atoms with Crippen molar-refractivity contribution in [1.29, 1.82) is 0 Å². The van der Waals surface area contributed by atoms with E-state index in [1.54, 1.807) is 24.3 Å². The van der Waals surface area contributed by atoms with Gasteiger partial charge in [-0.15, -0.1) is 0 Å². The summed E-state index contributed by atoms with van der Waals surface area (Å²) in [5.41, 5.74) is 0.381. The predicted octanol–water partition coefficient (Wildman–Crippen LogP) is 0.992. The number of fused-ring (bicyclic) bond motifs is 1. The van der Waals surface area contributed by atoms with Crippen LogP contribution in [-0.2, 0) is 4.74 Å². The SMILES string of the molecule is COc1c(-c2ccc(OC3OC(CO)C(O)C3O)c(O)c2)oc2ccccc2c1=O. The lowest BCUT2D eigenvalue weighted by Crippen LogP contribution is -2.35. The van der Waals surface area contributed by atoms with Gasteiger partial charge in [-0.25, -0.2) is 0 Å². The van der Waals surface area contributed by atoms with Gasteiger partial charge in [-0.2, -0.15) is 0 Å². The molecule has 0 amide bonds. The molecule has 9 heteroatoms. The Hall–Kier alpha value is -3.11. The van der Waals surface area contributed by atoms with Gasteiger partial charge in [-0.3, -0.25) is 4.79 Å². The van der Waals surface area contributed by atoms with Gasteiger partial charge in [-0.05, 0) is 30.3 Å². The number of rotatable bonds is 5. The van der Waals surface area contributed by atoms with E-state index in [-0.39, 0.29) is 28.4 Å². The number of methoxy groups -OCH3 is 1. The van der Waals surface area contributed by atoms with Gasteiger partial charge in [0.1, 0.15) is 23.9 Å². The summed E-state index contributed by atoms with van der Waals surface area (Å²) < 4.78 is 21.8. The largest absolute Gasteiger partial charge is 0.504 e. The fourth-order valence-electron chi connectivity index (χ4n) is 3.35. The van der Waals surface area contributed by atoms with Crippen LogP contribution in [0.15, 0.2) is 51.7 Å². The number of para-hydroxylation sites is 1. The van der Waals surface area contributed by atoms with Gasteiger partial charge in [0.05, 0.1) is 19.1 Å². The highest BCUT2D eigenvalue weighted by Crippen LogP contribution is 2.37. The third-order valence-electron chi connectivity index (χ3n) is 4.92. The first-order valence-electron chi connectivity index (χ1n) is 9.17. The first kappa shape index (κ1) is 20.2. The second-order valence-electron chi connectivity index (χ2n) is 6.80. The van der Waals surface area contributed by atoms with E-state index in [0.29, 0.717) is 16.5 Å². The van der Waals surface area contributed by atoms with Gasteiger partial charge in [0, 0.05) is 5.56 Å². The van der Waals surface area contributed by atoms with E-state index in [4.69, 9.17) is 23.7 Å². The van der Waals surface area contributed by atoms with Crippen LogP contribution in [0.1, 0.15) is 0 Å². The van der Waals surface area contributed by atoms with E-state index in [2.05, 4.69) is 0 Å². The van der Waals surface area contributed by atoms with Crippen LogP contribution >= 0.6 is 0 Å². The third-order valence-corrected chi connectivity index (χ3v) is 4.92. The maximum absolute atomic E-state index is 12.7. The summed E-state index contributed by atoms with van der Waals surface area (Å²) in [5.74, 6) is -0.222. The van der Waals surface area contributed by atoms with Crippen molar-refractivity contribution in [1.82, 2.24) is 0 Å². The molecule has 2 heterocycles. The van der Waals surface area contributed by atoms with Crippen LogP contribution in [0.3, 0.4) is 0 Å². The molecule has 30 heavy (non-hydrogen) atoms. The zero-order chi connectivity index (χ0) is 21.4. The van der Waals surface area contributed by atoms with Crippen LogP contribution in [-0.4, -0.2) is 58.7 Å². The van der Waals surface area contributed by atoms with E-state index in [1.807, 2.05) is 0 Å². The molecular formula is C21H20O9. The Bertz CT molecular complexity index is 1120. The average Bonchev–Trinajstić information content (AvgIpc) is 3.03. The Balaban J connectivity index is 1.68. The molecule has 1 aliphatic rings. The van der Waals surface area contributed by atoms with E-state index in [9.17, 15) is 20.1 Å². The first-order valence-corrected chi connectivity index (χ1v) is 9.17. The summed E-state index contributed by atoms with van der Waals surface area (Å²) in [6.07, 6.45) is -5.00. The molecule has 2 aromatic carbocycles. The number of aliphatic hydroxyl groups is 3. The highest BCUT2D eigenvalue weighted by atomic mass is 16.7. The van der Waals surface area contributed by atoms with Crippen molar-refractivity contribution in [3.8, 4) is 28.6 Å². The van der Waals surface area contributed by atoms with Gasteiger partial charge in [0.15, 0.2) is 17.3 Å². The Morgan fingerprint density at radius 2 is 1.87 bits per heavy atom. The zero-order valence-electron chi connectivity index (χ0n) is 15.9. The predicted molar refractivity (Wildman–Crippen MR) is 105 cm³/mol. The van der Waals surface area contributed by atoms with E-state index >= 15 is 0 Å². The zero-order valence-corrected chi connectivity index (χ0v) is 15.9. The van der Waals surface area contributed by atoms with Crippen LogP contribution in [0.4, 0.5) is 0 Å². The first-order chi connectivity index (χ1) is 14.4. The van der Waals surface area contributed by atoms with Crippen LogP contribution in [0, 0.1) is 0 Å². The summed E-state index contributed by atoms with van der Waals surface area (Å²) in [4.78, 5) is 12.7. The molecular weight excluding hydrogens is 396 g/mol. The minimum Gasteiger partial charge on any atom is -0.504 e. The third kappa shape index (κ3) is 3.37. The molecule has 1 aromatic heterocycles. The summed E-state index contributed by atoms with van der Waals surface area (Å²) in [6, 6.07) is 11.0. The lowest BCUT2D eigenvalue weighted by Gasteiger charge is -2.18. The number of aromatic hydroxyl groups is 1. The summed E-state index contributed by atoms with van der Waals surface area (Å²) in [6.45, 7) is -0.496. The van der Waals surface area contributed by atoms with Crippen molar-refractivity contribution in [3.05, 3.63) is 52.7 Å². The minimum atomic E-state index is -1.40. The molecule has 1 fully saturated rings. The molecule has 0 saturated carbocycles. The minimum absolute atomic E-state index is 0.00905. The molecule has 0 aliphatic carbocycles. The van der Waals surface area contributed by atoms with Crippen molar-refractivity contribution in [2.24, 2.45) is 0 Å². The standard InChI is InChI=1S/C21H20O9/c1-27-20-16(24)11-4-2-3-5-13(11)28-19(20)10-6-7-14(12(23)8-10)29-21-18(26)17(25)15(9-22)30-21/h2-8,15,17-18,21-23,25-26H,9H2,1H3. The number of hydrogen-bond acceptors (Lipinski definition) is 9. The van der Waals surface area contributed by atoms with Crippen LogP contribution < -0.4 is 14.9 Å². The molecule has 4 atom stereocenters. The molecule has 0 bridgehead atoms. The molecule has 0 radical (unpaired) electrons. The molecule has 158 valence electrons. The second-order valence-corrected chi connectivity index (χ2v) is 6.80. The van der Waals surface area contributed by atoms with Gasteiger partial charge in [-0.1, -0.05) is 12.1 Å².